The molecule has 5 nitrogen and oxygen atoms in total. The van der Waals surface area contributed by atoms with E-state index in [1.54, 1.807) is 0 Å². The Bertz CT molecular complexity index is 685. The summed E-state index contributed by atoms with van der Waals surface area (Å²) < 4.78 is 11.6. The molecule has 0 spiro atoms. The maximum absolute atomic E-state index is 12.4. The third-order valence-electron chi connectivity index (χ3n) is 4.56. The van der Waals surface area contributed by atoms with Gasteiger partial charge in [-0.2, -0.15) is 0 Å². The minimum Gasteiger partial charge on any atom is -0.459 e. The first-order chi connectivity index (χ1) is 12.7. The van der Waals surface area contributed by atoms with Crippen molar-refractivity contribution in [3.8, 4) is 12.3 Å². The van der Waals surface area contributed by atoms with Gasteiger partial charge in [-0.3, -0.25) is 4.79 Å². The fourth-order valence-corrected chi connectivity index (χ4v) is 2.89. The van der Waals surface area contributed by atoms with E-state index in [1.807, 2.05) is 30.3 Å². The number of nitrogens with one attached hydrogen (secondary N) is 1. The summed E-state index contributed by atoms with van der Waals surface area (Å²) in [5.41, 5.74) is 1.90. The van der Waals surface area contributed by atoms with Crippen LogP contribution >= 0.6 is 0 Å². The average molecular weight is 355 g/mol. The van der Waals surface area contributed by atoms with Crippen molar-refractivity contribution in [3.05, 3.63) is 47.2 Å². The van der Waals surface area contributed by atoms with Crippen molar-refractivity contribution in [1.29, 1.82) is 0 Å². The summed E-state index contributed by atoms with van der Waals surface area (Å²) in [6.45, 7) is 0.638. The Kier molecular flexibility index (Phi) is 6.32. The predicted octanol–water partition coefficient (Wildman–Crippen LogP) is 2.45. The van der Waals surface area contributed by atoms with E-state index < -0.39 is 6.29 Å². The fraction of sp³-hybridized carbons (Fsp3) is 0.476. The molecule has 2 atom stereocenters. The topological polar surface area (TPSA) is 67.8 Å². The van der Waals surface area contributed by atoms with Crippen LogP contribution < -0.4 is 5.32 Å². The summed E-state index contributed by atoms with van der Waals surface area (Å²) in [7, 11) is 0. The first-order valence-electron chi connectivity index (χ1n) is 9.18. The fourth-order valence-electron chi connectivity index (χ4n) is 2.89. The number of benzene rings is 1. The summed E-state index contributed by atoms with van der Waals surface area (Å²) in [4.78, 5) is 12.4. The van der Waals surface area contributed by atoms with E-state index in [2.05, 4.69) is 11.2 Å². The van der Waals surface area contributed by atoms with Gasteiger partial charge in [-0.05, 0) is 49.5 Å². The smallest absolute Gasteiger partial charge is 0.286 e. The highest BCUT2D eigenvalue weighted by molar-refractivity contribution is 5.92. The second-order valence-electron chi connectivity index (χ2n) is 6.74. The van der Waals surface area contributed by atoms with Crippen LogP contribution in [0.3, 0.4) is 0 Å². The highest BCUT2D eigenvalue weighted by Crippen LogP contribution is 2.32. The van der Waals surface area contributed by atoms with Crippen molar-refractivity contribution >= 4 is 5.91 Å². The number of unbranched alkanes of at least 4 members (excludes halogenated alkanes) is 1. The van der Waals surface area contributed by atoms with Crippen molar-refractivity contribution < 1.29 is 19.4 Å². The Morgan fingerprint density at radius 3 is 2.73 bits per heavy atom. The molecule has 0 radical (unpaired) electrons. The maximum atomic E-state index is 12.4. The Balaban J connectivity index is 1.71. The number of carbonyl (C=O) groups excluding carboxylic acids is 1. The molecule has 3 rings (SSSR count). The molecule has 1 aromatic carbocycles. The molecule has 2 N–H and O–H groups in total. The molecular formula is C21H25NO4. The van der Waals surface area contributed by atoms with Crippen LogP contribution in [0.5, 0.6) is 0 Å². The van der Waals surface area contributed by atoms with Crippen LogP contribution in [0.1, 0.15) is 49.1 Å². The monoisotopic (exact) mass is 355 g/mol. The number of ether oxygens (including phenoxy) is 2. The first kappa shape index (κ1) is 18.5. The lowest BCUT2D eigenvalue weighted by molar-refractivity contribution is -0.146. The van der Waals surface area contributed by atoms with Gasteiger partial charge in [0.25, 0.3) is 5.91 Å². The van der Waals surface area contributed by atoms with Crippen LogP contribution in [0, 0.1) is 12.3 Å². The van der Waals surface area contributed by atoms with E-state index in [-0.39, 0.29) is 24.5 Å². The molecule has 5 heteroatoms. The van der Waals surface area contributed by atoms with E-state index in [0.29, 0.717) is 25.2 Å². The molecule has 0 bridgehead atoms. The zero-order valence-electron chi connectivity index (χ0n) is 14.8. The summed E-state index contributed by atoms with van der Waals surface area (Å²) in [5, 5.41) is 11.8. The molecule has 1 amide bonds. The number of aliphatic hydroxyl groups excluding tert-OH is 1. The van der Waals surface area contributed by atoms with Crippen molar-refractivity contribution in [1.82, 2.24) is 5.32 Å². The molecule has 1 aromatic rings. The van der Waals surface area contributed by atoms with Crippen LogP contribution in [-0.4, -0.2) is 36.6 Å². The second-order valence-corrected chi connectivity index (χ2v) is 6.74. The number of amides is 1. The molecule has 138 valence electrons. The van der Waals surface area contributed by atoms with Crippen LogP contribution in [0.2, 0.25) is 0 Å². The van der Waals surface area contributed by atoms with Crippen molar-refractivity contribution in [3.63, 3.8) is 0 Å². The van der Waals surface area contributed by atoms with E-state index in [1.165, 1.54) is 0 Å². The van der Waals surface area contributed by atoms with Gasteiger partial charge in [0.2, 0.25) is 6.29 Å². The normalized spacial score (nSPS) is 22.1. The Morgan fingerprint density at radius 2 is 2.08 bits per heavy atom. The third kappa shape index (κ3) is 5.10. The summed E-state index contributed by atoms with van der Waals surface area (Å²) in [6, 6.07) is 8.05. The quantitative estimate of drug-likeness (QED) is 0.555. The lowest BCUT2D eigenvalue weighted by Crippen LogP contribution is -2.34. The molecule has 1 heterocycles. The Morgan fingerprint density at radius 1 is 1.31 bits per heavy atom. The molecule has 1 aliphatic carbocycles. The van der Waals surface area contributed by atoms with Gasteiger partial charge >= 0.3 is 0 Å². The minimum absolute atomic E-state index is 0.0263. The van der Waals surface area contributed by atoms with Crippen LogP contribution in [-0.2, 0) is 14.3 Å². The van der Waals surface area contributed by atoms with E-state index >= 15 is 0 Å². The van der Waals surface area contributed by atoms with Gasteiger partial charge in [0.05, 0.1) is 6.61 Å². The van der Waals surface area contributed by atoms with Crippen molar-refractivity contribution in [2.75, 3.05) is 13.2 Å². The lowest BCUT2D eigenvalue weighted by Gasteiger charge is -2.29. The van der Waals surface area contributed by atoms with Gasteiger partial charge in [0, 0.05) is 30.6 Å². The summed E-state index contributed by atoms with van der Waals surface area (Å²) >= 11 is 0. The molecule has 26 heavy (non-hydrogen) atoms. The average Bonchev–Trinajstić information content (AvgIpc) is 3.49. The molecule has 2 aliphatic rings. The van der Waals surface area contributed by atoms with Gasteiger partial charge in [0.15, 0.2) is 5.76 Å². The van der Waals surface area contributed by atoms with Crippen molar-refractivity contribution in [2.45, 2.75) is 50.4 Å². The number of allylic oxidation sites excluding steroid dienone is 1. The zero-order chi connectivity index (χ0) is 18.4. The van der Waals surface area contributed by atoms with Crippen LogP contribution in [0.15, 0.2) is 36.1 Å². The number of aliphatic hydroxyl groups is 1. The number of carbonyl (C=O) groups is 1. The van der Waals surface area contributed by atoms with E-state index in [4.69, 9.17) is 21.0 Å². The van der Waals surface area contributed by atoms with Crippen LogP contribution in [0.25, 0.3) is 0 Å². The molecule has 0 aromatic heterocycles. The summed E-state index contributed by atoms with van der Waals surface area (Å²) in [6.07, 6.45) is 10.9. The number of terminal acetylenes is 1. The standard InChI is InChI=1S/C21H25NO4/c1-2-15-5-7-16(8-6-15)17-13-19(21(24)22-18-9-10-18)26-20(14-17)25-12-4-3-11-23/h1,5-8,13,17-18,20,23H,3-4,9-12,14H2,(H,22,24)/t17-,20+/m1/s1. The first-order valence-corrected chi connectivity index (χ1v) is 9.18. The van der Waals surface area contributed by atoms with Gasteiger partial charge in [-0.1, -0.05) is 18.1 Å². The SMILES string of the molecule is C#Cc1ccc([C@@H]2C=C(C(=O)NC3CC3)O[C@H](OCCCCO)C2)cc1. The molecule has 0 unspecified atom stereocenters. The Labute approximate surface area is 154 Å². The molecular weight excluding hydrogens is 330 g/mol. The van der Waals surface area contributed by atoms with E-state index in [9.17, 15) is 4.79 Å². The number of hydrogen-bond acceptors (Lipinski definition) is 4. The molecule has 1 fully saturated rings. The lowest BCUT2D eigenvalue weighted by atomic mass is 9.92. The van der Waals surface area contributed by atoms with Gasteiger partial charge in [-0.25, -0.2) is 0 Å². The predicted molar refractivity (Wildman–Crippen MR) is 98.1 cm³/mol. The van der Waals surface area contributed by atoms with Gasteiger partial charge < -0.3 is 19.9 Å². The molecule has 0 saturated heterocycles. The van der Waals surface area contributed by atoms with Gasteiger partial charge in [-0.15, -0.1) is 6.42 Å². The maximum Gasteiger partial charge on any atom is 0.286 e. The molecule has 1 aliphatic heterocycles. The third-order valence-corrected chi connectivity index (χ3v) is 4.56. The second kappa shape index (κ2) is 8.88. The minimum atomic E-state index is -0.476. The van der Waals surface area contributed by atoms with Crippen LogP contribution in [0.4, 0.5) is 0 Å². The molecule has 1 saturated carbocycles. The highest BCUT2D eigenvalue weighted by atomic mass is 16.7. The largest absolute Gasteiger partial charge is 0.459 e. The number of hydrogen-bond donors (Lipinski definition) is 2. The summed E-state index contributed by atoms with van der Waals surface area (Å²) in [5.74, 6) is 2.78. The van der Waals surface area contributed by atoms with Gasteiger partial charge in [0.1, 0.15) is 0 Å². The van der Waals surface area contributed by atoms with E-state index in [0.717, 1.165) is 30.4 Å². The number of rotatable bonds is 8. The Hall–Kier alpha value is -2.29. The zero-order valence-corrected chi connectivity index (χ0v) is 14.8. The highest BCUT2D eigenvalue weighted by Gasteiger charge is 2.31. The van der Waals surface area contributed by atoms with Crippen molar-refractivity contribution in [2.24, 2.45) is 0 Å².